The third kappa shape index (κ3) is 4.27. The molecule has 1 unspecified atom stereocenters. The topological polar surface area (TPSA) is 84.8 Å². The highest BCUT2D eigenvalue weighted by molar-refractivity contribution is 5.77. The second kappa shape index (κ2) is 7.67. The molecule has 0 radical (unpaired) electrons. The third-order valence-corrected chi connectivity index (χ3v) is 3.41. The van der Waals surface area contributed by atoms with Gasteiger partial charge in [0.25, 0.3) is 5.91 Å². The van der Waals surface area contributed by atoms with E-state index in [1.807, 2.05) is 0 Å². The van der Waals surface area contributed by atoms with Crippen molar-refractivity contribution in [2.24, 2.45) is 0 Å². The Kier molecular flexibility index (Phi) is 5.15. The van der Waals surface area contributed by atoms with Crippen LogP contribution in [-0.4, -0.2) is 24.2 Å². The van der Waals surface area contributed by atoms with Crippen LogP contribution in [0.4, 0.5) is 4.39 Å². The molecule has 0 bridgehead atoms. The summed E-state index contributed by atoms with van der Waals surface area (Å²) in [6, 6.07) is 12.5. The summed E-state index contributed by atoms with van der Waals surface area (Å²) in [5.74, 6) is 0.277. The summed E-state index contributed by atoms with van der Waals surface area (Å²) >= 11 is 0. The Labute approximate surface area is 142 Å². The molecule has 3 rings (SSSR count). The number of benzene rings is 1. The zero-order valence-electron chi connectivity index (χ0n) is 13.1. The fourth-order valence-corrected chi connectivity index (χ4v) is 2.15. The molecule has 0 saturated heterocycles. The average molecular weight is 345 g/mol. The molecule has 0 aliphatic heterocycles. The van der Waals surface area contributed by atoms with Gasteiger partial charge in [0.2, 0.25) is 0 Å². The second-order valence-corrected chi connectivity index (χ2v) is 5.22. The molecule has 3 aromatic rings. The molecule has 0 aliphatic rings. The monoisotopic (exact) mass is 345 g/mol. The number of furan rings is 2. The molecule has 2 heterocycles. The molecule has 6 nitrogen and oxygen atoms in total. The number of hydrogen-bond acceptors (Lipinski definition) is 5. The van der Waals surface area contributed by atoms with Gasteiger partial charge in [-0.05, 0) is 36.4 Å². The second-order valence-electron chi connectivity index (χ2n) is 5.22. The minimum atomic E-state index is -1.03. The standard InChI is InChI=1S/C18H16FNO5/c19-12-4-1-2-5-14(12)24-11-18(22)20-10-13(21)15-7-8-17(25-15)16-6-3-9-23-16/h1-9,13,21H,10-11H2,(H,20,22). The summed E-state index contributed by atoms with van der Waals surface area (Å²) in [4.78, 5) is 11.7. The molecule has 1 amide bonds. The average Bonchev–Trinajstić information content (AvgIpc) is 3.30. The van der Waals surface area contributed by atoms with E-state index in [0.717, 1.165) is 0 Å². The van der Waals surface area contributed by atoms with E-state index in [2.05, 4.69) is 5.32 Å². The summed E-state index contributed by atoms with van der Waals surface area (Å²) in [6.45, 7) is -0.423. The maximum absolute atomic E-state index is 13.4. The Hall–Kier alpha value is -3.06. The first-order valence-corrected chi connectivity index (χ1v) is 7.59. The number of para-hydroxylation sites is 1. The van der Waals surface area contributed by atoms with E-state index in [9.17, 15) is 14.3 Å². The van der Waals surface area contributed by atoms with Crippen LogP contribution in [0, 0.1) is 5.82 Å². The summed E-state index contributed by atoms with van der Waals surface area (Å²) < 4.78 is 29.2. The lowest BCUT2D eigenvalue weighted by molar-refractivity contribution is -0.123. The first-order valence-electron chi connectivity index (χ1n) is 7.59. The maximum Gasteiger partial charge on any atom is 0.258 e. The predicted molar refractivity (Wildman–Crippen MR) is 86.3 cm³/mol. The fourth-order valence-electron chi connectivity index (χ4n) is 2.15. The normalized spacial score (nSPS) is 11.9. The van der Waals surface area contributed by atoms with Gasteiger partial charge < -0.3 is 24.0 Å². The zero-order chi connectivity index (χ0) is 17.6. The van der Waals surface area contributed by atoms with Crippen LogP contribution in [0.2, 0.25) is 0 Å². The van der Waals surface area contributed by atoms with Gasteiger partial charge in [0.15, 0.2) is 29.7 Å². The number of hydrogen-bond donors (Lipinski definition) is 2. The number of aliphatic hydroxyl groups is 1. The van der Waals surface area contributed by atoms with Gasteiger partial charge in [-0.2, -0.15) is 0 Å². The molecule has 0 saturated carbocycles. The molecule has 2 aromatic heterocycles. The molecule has 130 valence electrons. The summed E-state index contributed by atoms with van der Waals surface area (Å²) in [7, 11) is 0. The maximum atomic E-state index is 13.4. The van der Waals surface area contributed by atoms with Gasteiger partial charge in [0.05, 0.1) is 12.8 Å². The highest BCUT2D eigenvalue weighted by Crippen LogP contribution is 2.25. The Balaban J connectivity index is 1.48. The van der Waals surface area contributed by atoms with Gasteiger partial charge in [-0.3, -0.25) is 4.79 Å². The molecular formula is C18H16FNO5. The number of ether oxygens (including phenoxy) is 1. The number of amides is 1. The van der Waals surface area contributed by atoms with Crippen LogP contribution in [0.3, 0.4) is 0 Å². The van der Waals surface area contributed by atoms with E-state index in [1.165, 1.54) is 24.5 Å². The Bertz CT molecular complexity index is 828. The Morgan fingerprint density at radius 3 is 2.76 bits per heavy atom. The molecule has 2 N–H and O–H groups in total. The van der Waals surface area contributed by atoms with Crippen molar-refractivity contribution in [3.8, 4) is 17.3 Å². The summed E-state index contributed by atoms with van der Waals surface area (Å²) in [5.41, 5.74) is 0. The third-order valence-electron chi connectivity index (χ3n) is 3.41. The van der Waals surface area contributed by atoms with E-state index in [1.54, 1.807) is 30.3 Å². The molecule has 25 heavy (non-hydrogen) atoms. The first kappa shape index (κ1) is 16.8. The van der Waals surface area contributed by atoms with Crippen LogP contribution in [0.15, 0.2) is 63.6 Å². The number of carbonyl (C=O) groups is 1. The molecule has 1 atom stereocenters. The van der Waals surface area contributed by atoms with Crippen molar-refractivity contribution in [2.45, 2.75) is 6.10 Å². The number of aliphatic hydroxyl groups excluding tert-OH is 1. The SMILES string of the molecule is O=C(COc1ccccc1F)NCC(O)c1ccc(-c2ccco2)o1. The van der Waals surface area contributed by atoms with Gasteiger partial charge in [-0.15, -0.1) is 0 Å². The first-order chi connectivity index (χ1) is 12.1. The quantitative estimate of drug-likeness (QED) is 0.688. The van der Waals surface area contributed by atoms with Gasteiger partial charge in [0, 0.05) is 0 Å². The van der Waals surface area contributed by atoms with Crippen LogP contribution in [0.1, 0.15) is 11.9 Å². The van der Waals surface area contributed by atoms with Crippen molar-refractivity contribution < 1.29 is 27.9 Å². The number of nitrogens with one attached hydrogen (secondary N) is 1. The summed E-state index contributed by atoms with van der Waals surface area (Å²) in [6.07, 6.45) is 0.491. The van der Waals surface area contributed by atoms with Crippen LogP contribution >= 0.6 is 0 Å². The Morgan fingerprint density at radius 2 is 2.00 bits per heavy atom. The van der Waals surface area contributed by atoms with Crippen molar-refractivity contribution in [1.82, 2.24) is 5.32 Å². The zero-order valence-corrected chi connectivity index (χ0v) is 13.1. The van der Waals surface area contributed by atoms with Crippen LogP contribution in [-0.2, 0) is 4.79 Å². The summed E-state index contributed by atoms with van der Waals surface area (Å²) in [5, 5.41) is 12.6. The van der Waals surface area contributed by atoms with Gasteiger partial charge in [0.1, 0.15) is 11.9 Å². The minimum absolute atomic E-state index is 0.00711. The van der Waals surface area contributed by atoms with E-state index in [-0.39, 0.29) is 18.9 Å². The van der Waals surface area contributed by atoms with Gasteiger partial charge in [-0.25, -0.2) is 4.39 Å². The van der Waals surface area contributed by atoms with E-state index < -0.39 is 17.8 Å². The largest absolute Gasteiger partial charge is 0.481 e. The molecule has 0 fully saturated rings. The lowest BCUT2D eigenvalue weighted by atomic mass is 10.2. The van der Waals surface area contributed by atoms with Crippen molar-refractivity contribution in [3.63, 3.8) is 0 Å². The van der Waals surface area contributed by atoms with Gasteiger partial charge >= 0.3 is 0 Å². The Morgan fingerprint density at radius 1 is 1.16 bits per heavy atom. The smallest absolute Gasteiger partial charge is 0.258 e. The van der Waals surface area contributed by atoms with Crippen LogP contribution < -0.4 is 10.1 Å². The lowest BCUT2D eigenvalue weighted by Crippen LogP contribution is -2.32. The highest BCUT2D eigenvalue weighted by atomic mass is 19.1. The number of carbonyl (C=O) groups excluding carboxylic acids is 1. The minimum Gasteiger partial charge on any atom is -0.481 e. The molecule has 0 aliphatic carbocycles. The molecule has 1 aromatic carbocycles. The van der Waals surface area contributed by atoms with Crippen LogP contribution in [0.25, 0.3) is 11.5 Å². The van der Waals surface area contributed by atoms with E-state index >= 15 is 0 Å². The predicted octanol–water partition coefficient (Wildman–Crippen LogP) is 2.91. The highest BCUT2D eigenvalue weighted by Gasteiger charge is 2.16. The van der Waals surface area contributed by atoms with Crippen LogP contribution in [0.5, 0.6) is 5.75 Å². The van der Waals surface area contributed by atoms with Gasteiger partial charge in [-0.1, -0.05) is 12.1 Å². The molecule has 7 heteroatoms. The number of rotatable bonds is 7. The number of halogens is 1. The van der Waals surface area contributed by atoms with E-state index in [4.69, 9.17) is 13.6 Å². The molecular weight excluding hydrogens is 329 g/mol. The van der Waals surface area contributed by atoms with Crippen molar-refractivity contribution >= 4 is 5.91 Å². The van der Waals surface area contributed by atoms with Crippen molar-refractivity contribution in [1.29, 1.82) is 0 Å². The van der Waals surface area contributed by atoms with Crippen molar-refractivity contribution in [3.05, 3.63) is 66.4 Å². The molecule has 0 spiro atoms. The van der Waals surface area contributed by atoms with E-state index in [0.29, 0.717) is 17.3 Å². The van der Waals surface area contributed by atoms with Crippen molar-refractivity contribution in [2.75, 3.05) is 13.2 Å². The lowest BCUT2D eigenvalue weighted by Gasteiger charge is -2.11. The fraction of sp³-hybridized carbons (Fsp3) is 0.167.